The summed E-state index contributed by atoms with van der Waals surface area (Å²) < 4.78 is 2.01. The predicted octanol–water partition coefficient (Wildman–Crippen LogP) is 2.38. The van der Waals surface area contributed by atoms with Gasteiger partial charge in [0.1, 0.15) is 0 Å². The summed E-state index contributed by atoms with van der Waals surface area (Å²) in [5.74, 6) is 0.713. The molecular formula is C12H22N4OS3. The Morgan fingerprint density at radius 3 is 2.65 bits per heavy atom. The van der Waals surface area contributed by atoms with Gasteiger partial charge >= 0.3 is 0 Å². The maximum absolute atomic E-state index is 11.5. The summed E-state index contributed by atoms with van der Waals surface area (Å²) in [4.78, 5) is 11.5. The molecule has 5 nitrogen and oxygen atoms in total. The smallest absolute Gasteiger partial charge is 0.237 e. The van der Waals surface area contributed by atoms with E-state index in [-0.39, 0.29) is 5.91 Å². The van der Waals surface area contributed by atoms with Gasteiger partial charge in [-0.25, -0.2) is 0 Å². The van der Waals surface area contributed by atoms with E-state index in [9.17, 15) is 4.79 Å². The van der Waals surface area contributed by atoms with Gasteiger partial charge in [-0.1, -0.05) is 48.2 Å². The summed E-state index contributed by atoms with van der Waals surface area (Å²) in [7, 11) is 0. The minimum Gasteiger partial charge on any atom is -0.368 e. The first-order valence-electron chi connectivity index (χ1n) is 6.57. The Bertz CT molecular complexity index is 427. The standard InChI is InChI=1S/C12H22N4OS3/c1-4-14-12(2,9(13)17)7-5-6-8-19-11-16-15-10(18-3)20-11/h14H,4-8H2,1-3H3,(H2,13,17). The average Bonchev–Trinajstić information content (AvgIpc) is 2.86. The number of hydrogen-bond donors (Lipinski definition) is 2. The van der Waals surface area contributed by atoms with Gasteiger partial charge in [0.25, 0.3) is 0 Å². The Balaban J connectivity index is 2.25. The summed E-state index contributed by atoms with van der Waals surface area (Å²) in [6, 6.07) is 0. The molecule has 3 N–H and O–H groups in total. The summed E-state index contributed by atoms with van der Waals surface area (Å²) in [5, 5.41) is 11.3. The molecule has 114 valence electrons. The number of unbranched alkanes of at least 4 members (excludes halogenated alkanes) is 1. The number of rotatable bonds is 10. The van der Waals surface area contributed by atoms with Crippen LogP contribution in [0, 0.1) is 0 Å². The van der Waals surface area contributed by atoms with Crippen LogP contribution in [0.15, 0.2) is 8.68 Å². The maximum atomic E-state index is 11.5. The summed E-state index contributed by atoms with van der Waals surface area (Å²) in [6.45, 7) is 4.60. The van der Waals surface area contributed by atoms with E-state index in [1.807, 2.05) is 20.1 Å². The highest BCUT2D eigenvalue weighted by atomic mass is 32.2. The number of nitrogens with zero attached hydrogens (tertiary/aromatic N) is 2. The Kier molecular flexibility index (Phi) is 7.86. The molecular weight excluding hydrogens is 312 g/mol. The lowest BCUT2D eigenvalue weighted by atomic mass is 9.94. The average molecular weight is 335 g/mol. The van der Waals surface area contributed by atoms with Crippen LogP contribution >= 0.6 is 34.9 Å². The van der Waals surface area contributed by atoms with Crippen molar-refractivity contribution in [2.45, 2.75) is 47.3 Å². The molecule has 8 heteroatoms. The highest BCUT2D eigenvalue weighted by Gasteiger charge is 2.28. The van der Waals surface area contributed by atoms with Crippen molar-refractivity contribution >= 4 is 40.8 Å². The molecule has 1 amide bonds. The third-order valence-electron chi connectivity index (χ3n) is 2.97. The van der Waals surface area contributed by atoms with Crippen LogP contribution in [-0.4, -0.2) is 40.2 Å². The largest absolute Gasteiger partial charge is 0.368 e. The van der Waals surface area contributed by atoms with Crippen molar-refractivity contribution in [1.82, 2.24) is 15.5 Å². The fourth-order valence-electron chi connectivity index (χ4n) is 1.77. The van der Waals surface area contributed by atoms with Crippen LogP contribution in [0.4, 0.5) is 0 Å². The minimum atomic E-state index is -0.589. The zero-order valence-corrected chi connectivity index (χ0v) is 14.6. The molecule has 0 spiro atoms. The van der Waals surface area contributed by atoms with Crippen LogP contribution in [0.25, 0.3) is 0 Å². The Morgan fingerprint density at radius 1 is 1.40 bits per heavy atom. The van der Waals surface area contributed by atoms with Gasteiger partial charge in [0.05, 0.1) is 5.54 Å². The van der Waals surface area contributed by atoms with Gasteiger partial charge in [-0.3, -0.25) is 4.79 Å². The molecule has 0 aliphatic rings. The second kappa shape index (κ2) is 8.86. The number of nitrogens with two attached hydrogens (primary N) is 1. The van der Waals surface area contributed by atoms with Crippen molar-refractivity contribution in [3.05, 3.63) is 0 Å². The second-order valence-corrected chi connectivity index (χ2v) is 7.94. The summed E-state index contributed by atoms with van der Waals surface area (Å²) in [5.41, 5.74) is 4.87. The number of carbonyl (C=O) groups excluding carboxylic acids is 1. The molecule has 0 saturated carbocycles. The van der Waals surface area contributed by atoms with Gasteiger partial charge in [0.2, 0.25) is 5.91 Å². The van der Waals surface area contributed by atoms with Gasteiger partial charge in [-0.2, -0.15) is 0 Å². The molecule has 1 rings (SSSR count). The molecule has 1 aromatic rings. The number of amides is 1. The molecule has 0 radical (unpaired) electrons. The molecule has 0 aliphatic heterocycles. The van der Waals surface area contributed by atoms with Crippen LogP contribution < -0.4 is 11.1 Å². The van der Waals surface area contributed by atoms with E-state index in [0.717, 1.165) is 40.2 Å². The van der Waals surface area contributed by atoms with E-state index in [2.05, 4.69) is 15.5 Å². The van der Waals surface area contributed by atoms with Crippen molar-refractivity contribution in [3.8, 4) is 0 Å². The van der Waals surface area contributed by atoms with Crippen molar-refractivity contribution in [2.24, 2.45) is 5.73 Å². The molecule has 1 unspecified atom stereocenters. The van der Waals surface area contributed by atoms with Crippen molar-refractivity contribution in [3.63, 3.8) is 0 Å². The summed E-state index contributed by atoms with van der Waals surface area (Å²) in [6.07, 6.45) is 4.77. The van der Waals surface area contributed by atoms with E-state index in [0.29, 0.717) is 0 Å². The number of likely N-dealkylation sites (N-methyl/N-ethyl adjacent to an activating group) is 1. The highest BCUT2D eigenvalue weighted by Crippen LogP contribution is 2.28. The monoisotopic (exact) mass is 334 g/mol. The zero-order chi connectivity index (χ0) is 15.0. The lowest BCUT2D eigenvalue weighted by molar-refractivity contribution is -0.124. The molecule has 0 fully saturated rings. The number of primary amides is 1. The van der Waals surface area contributed by atoms with Crippen LogP contribution in [0.3, 0.4) is 0 Å². The summed E-state index contributed by atoms with van der Waals surface area (Å²) >= 11 is 4.97. The van der Waals surface area contributed by atoms with E-state index in [4.69, 9.17) is 5.73 Å². The normalized spacial score (nSPS) is 14.2. The van der Waals surface area contributed by atoms with E-state index < -0.39 is 5.54 Å². The molecule has 1 atom stereocenters. The second-order valence-electron chi connectivity index (χ2n) is 4.57. The number of hydrogen-bond acceptors (Lipinski definition) is 7. The Morgan fingerprint density at radius 2 is 2.10 bits per heavy atom. The van der Waals surface area contributed by atoms with Gasteiger partial charge in [0.15, 0.2) is 8.68 Å². The van der Waals surface area contributed by atoms with Gasteiger partial charge < -0.3 is 11.1 Å². The first-order chi connectivity index (χ1) is 9.51. The molecule has 1 heterocycles. The fourth-order valence-corrected chi connectivity index (χ4v) is 4.27. The molecule has 1 aromatic heterocycles. The molecule has 0 aliphatic carbocycles. The van der Waals surface area contributed by atoms with Gasteiger partial charge in [0, 0.05) is 5.75 Å². The zero-order valence-electron chi connectivity index (χ0n) is 12.1. The maximum Gasteiger partial charge on any atom is 0.237 e. The van der Waals surface area contributed by atoms with E-state index in [1.54, 1.807) is 34.9 Å². The fraction of sp³-hybridized carbons (Fsp3) is 0.750. The topological polar surface area (TPSA) is 80.9 Å². The van der Waals surface area contributed by atoms with Crippen LogP contribution in [0.5, 0.6) is 0 Å². The van der Waals surface area contributed by atoms with Crippen molar-refractivity contribution < 1.29 is 4.79 Å². The van der Waals surface area contributed by atoms with Gasteiger partial charge in [-0.15, -0.1) is 10.2 Å². The molecule has 0 saturated heterocycles. The number of nitrogens with one attached hydrogen (secondary N) is 1. The molecule has 20 heavy (non-hydrogen) atoms. The first-order valence-corrected chi connectivity index (χ1v) is 9.59. The predicted molar refractivity (Wildman–Crippen MR) is 87.5 cm³/mol. The third-order valence-corrected chi connectivity index (χ3v) is 6.09. The minimum absolute atomic E-state index is 0.277. The SMILES string of the molecule is CCNC(C)(CCCCSc1nnc(SC)s1)C(N)=O. The molecule has 0 aromatic carbocycles. The lowest BCUT2D eigenvalue weighted by Crippen LogP contribution is -2.52. The third kappa shape index (κ3) is 5.59. The van der Waals surface area contributed by atoms with Gasteiger partial charge in [-0.05, 0) is 32.6 Å². The molecule has 0 bridgehead atoms. The van der Waals surface area contributed by atoms with Crippen LogP contribution in [0.1, 0.15) is 33.1 Å². The first kappa shape index (κ1) is 17.7. The quantitative estimate of drug-likeness (QED) is 0.505. The van der Waals surface area contributed by atoms with Crippen molar-refractivity contribution in [2.75, 3.05) is 18.6 Å². The Labute approximate surface area is 132 Å². The number of thioether (sulfide) groups is 2. The van der Waals surface area contributed by atoms with E-state index >= 15 is 0 Å². The lowest BCUT2D eigenvalue weighted by Gasteiger charge is -2.26. The highest BCUT2D eigenvalue weighted by molar-refractivity contribution is 8.02. The van der Waals surface area contributed by atoms with E-state index in [1.165, 1.54) is 0 Å². The number of carbonyl (C=O) groups is 1. The van der Waals surface area contributed by atoms with Crippen LogP contribution in [0.2, 0.25) is 0 Å². The van der Waals surface area contributed by atoms with Crippen molar-refractivity contribution in [1.29, 1.82) is 0 Å². The number of aromatic nitrogens is 2. The van der Waals surface area contributed by atoms with Crippen LogP contribution in [-0.2, 0) is 4.79 Å². The Hall–Kier alpha value is -0.310.